The zero-order chi connectivity index (χ0) is 20.9. The maximum Gasteiger partial charge on any atom is 0.274 e. The van der Waals surface area contributed by atoms with Crippen molar-refractivity contribution in [2.45, 2.75) is 52.1 Å². The summed E-state index contributed by atoms with van der Waals surface area (Å²) in [4.78, 5) is 24.6. The van der Waals surface area contributed by atoms with Crippen LogP contribution in [-0.4, -0.2) is 38.3 Å². The fourth-order valence-corrected chi connectivity index (χ4v) is 4.18. The minimum atomic E-state index is 0.0159. The highest BCUT2D eigenvalue weighted by molar-refractivity contribution is 6.30. The predicted octanol–water partition coefficient (Wildman–Crippen LogP) is 4.39. The van der Waals surface area contributed by atoms with Gasteiger partial charge < -0.3 is 14.6 Å². The van der Waals surface area contributed by atoms with E-state index in [1.54, 1.807) is 0 Å². The first-order valence-electron chi connectivity index (χ1n) is 10.7. The number of carbonyl (C=O) groups is 1. The fraction of sp³-hybridized carbons (Fsp3) is 0.435. The van der Waals surface area contributed by atoms with Gasteiger partial charge in [-0.15, -0.1) is 0 Å². The summed E-state index contributed by atoms with van der Waals surface area (Å²) >= 11 is 6.24. The molecule has 158 valence electrons. The van der Waals surface area contributed by atoms with Crippen molar-refractivity contribution in [3.63, 3.8) is 0 Å². The number of fused-ring (bicyclic) bond motifs is 1. The molecule has 1 amide bonds. The number of pyridine rings is 2. The van der Waals surface area contributed by atoms with E-state index in [1.165, 1.54) is 19.3 Å². The summed E-state index contributed by atoms with van der Waals surface area (Å²) in [6.45, 7) is 4.70. The van der Waals surface area contributed by atoms with E-state index in [4.69, 9.17) is 11.6 Å². The molecule has 3 aromatic rings. The molecule has 0 atom stereocenters. The number of rotatable bonds is 5. The van der Waals surface area contributed by atoms with Crippen molar-refractivity contribution < 1.29 is 4.79 Å². The highest BCUT2D eigenvalue weighted by Crippen LogP contribution is 2.20. The number of hydrogen-bond acceptors (Lipinski definition) is 4. The molecule has 1 aliphatic heterocycles. The van der Waals surface area contributed by atoms with Crippen molar-refractivity contribution in [1.82, 2.24) is 24.6 Å². The van der Waals surface area contributed by atoms with Gasteiger partial charge in [0.25, 0.3) is 5.91 Å². The third-order valence-corrected chi connectivity index (χ3v) is 5.80. The van der Waals surface area contributed by atoms with Gasteiger partial charge in [-0.2, -0.15) is 0 Å². The molecular formula is C23H28ClN5O. The van der Waals surface area contributed by atoms with E-state index in [-0.39, 0.29) is 5.91 Å². The lowest BCUT2D eigenvalue weighted by Crippen LogP contribution is -2.35. The summed E-state index contributed by atoms with van der Waals surface area (Å²) in [6.07, 6.45) is 7.56. The molecule has 1 aliphatic rings. The number of nitrogens with zero attached hydrogens (tertiary/aromatic N) is 4. The molecule has 0 radical (unpaired) electrons. The smallest absolute Gasteiger partial charge is 0.274 e. The Morgan fingerprint density at radius 2 is 1.80 bits per heavy atom. The van der Waals surface area contributed by atoms with E-state index >= 15 is 0 Å². The molecule has 7 heteroatoms. The fourth-order valence-electron chi connectivity index (χ4n) is 4.01. The Morgan fingerprint density at radius 1 is 1.03 bits per heavy atom. The maximum atomic E-state index is 13.4. The quantitative estimate of drug-likeness (QED) is 0.658. The van der Waals surface area contributed by atoms with Crippen LogP contribution in [0.2, 0.25) is 5.02 Å². The Labute approximate surface area is 182 Å². The molecule has 3 aromatic heterocycles. The first-order chi connectivity index (χ1) is 14.6. The summed E-state index contributed by atoms with van der Waals surface area (Å²) in [5.74, 6) is 0.0159. The third kappa shape index (κ3) is 4.82. The van der Waals surface area contributed by atoms with Crippen LogP contribution >= 0.6 is 11.6 Å². The zero-order valence-electron chi connectivity index (χ0n) is 17.4. The van der Waals surface area contributed by atoms with Crippen LogP contribution in [0.15, 0.2) is 36.5 Å². The van der Waals surface area contributed by atoms with Gasteiger partial charge in [-0.1, -0.05) is 36.9 Å². The number of amides is 1. The van der Waals surface area contributed by atoms with Crippen molar-refractivity contribution in [2.24, 2.45) is 0 Å². The molecule has 1 N–H and O–H groups in total. The number of likely N-dealkylation sites (tertiary alicyclic amines) is 1. The average molecular weight is 426 g/mol. The van der Waals surface area contributed by atoms with E-state index in [9.17, 15) is 4.79 Å². The average Bonchev–Trinajstić information content (AvgIpc) is 3.05. The van der Waals surface area contributed by atoms with Crippen molar-refractivity contribution in [1.29, 1.82) is 0 Å². The number of hydrogen-bond donors (Lipinski definition) is 1. The van der Waals surface area contributed by atoms with Crippen LogP contribution in [0.4, 0.5) is 0 Å². The SMILES string of the molecule is Cc1cccc(CNCc2c(C(=O)N3CCCCCCC3)nc3ccc(Cl)cn23)n1. The van der Waals surface area contributed by atoms with E-state index in [2.05, 4.69) is 15.3 Å². The van der Waals surface area contributed by atoms with Crippen molar-refractivity contribution in [3.8, 4) is 0 Å². The van der Waals surface area contributed by atoms with Gasteiger partial charge in [-0.05, 0) is 44.0 Å². The van der Waals surface area contributed by atoms with Crippen molar-refractivity contribution >= 4 is 23.2 Å². The second-order valence-corrected chi connectivity index (χ2v) is 8.35. The molecule has 1 fully saturated rings. The Balaban J connectivity index is 1.59. The minimum absolute atomic E-state index is 0.0159. The van der Waals surface area contributed by atoms with Gasteiger partial charge >= 0.3 is 0 Å². The van der Waals surface area contributed by atoms with Crippen molar-refractivity contribution in [3.05, 3.63) is 64.3 Å². The Morgan fingerprint density at radius 3 is 2.57 bits per heavy atom. The molecule has 0 saturated carbocycles. The van der Waals surface area contributed by atoms with Crippen LogP contribution in [0, 0.1) is 6.92 Å². The first-order valence-corrected chi connectivity index (χ1v) is 11.1. The molecule has 1 saturated heterocycles. The lowest BCUT2D eigenvalue weighted by atomic mass is 10.1. The Hall–Kier alpha value is -2.44. The number of carbonyl (C=O) groups excluding carboxylic acids is 1. The molecule has 0 bridgehead atoms. The van der Waals surface area contributed by atoms with Crippen LogP contribution in [0.3, 0.4) is 0 Å². The lowest BCUT2D eigenvalue weighted by Gasteiger charge is -2.24. The summed E-state index contributed by atoms with van der Waals surface area (Å²) in [7, 11) is 0. The lowest BCUT2D eigenvalue weighted by molar-refractivity contribution is 0.0735. The second kappa shape index (κ2) is 9.58. The van der Waals surface area contributed by atoms with Gasteiger partial charge in [-0.25, -0.2) is 4.98 Å². The van der Waals surface area contributed by atoms with E-state index in [0.29, 0.717) is 23.8 Å². The van der Waals surface area contributed by atoms with Crippen LogP contribution < -0.4 is 5.32 Å². The van der Waals surface area contributed by atoms with Crippen LogP contribution in [0.1, 0.15) is 59.7 Å². The first kappa shape index (κ1) is 20.8. The van der Waals surface area contributed by atoms with Gasteiger partial charge in [0, 0.05) is 38.1 Å². The zero-order valence-corrected chi connectivity index (χ0v) is 18.2. The Kier molecular flexibility index (Phi) is 6.65. The minimum Gasteiger partial charge on any atom is -0.337 e. The highest BCUT2D eigenvalue weighted by atomic mass is 35.5. The number of aryl methyl sites for hydroxylation is 1. The molecule has 0 spiro atoms. The van der Waals surface area contributed by atoms with Crippen LogP contribution in [0.25, 0.3) is 5.65 Å². The van der Waals surface area contributed by atoms with E-state index in [0.717, 1.165) is 48.7 Å². The molecule has 4 heterocycles. The van der Waals surface area contributed by atoms with Gasteiger partial charge in [0.05, 0.1) is 16.4 Å². The molecule has 0 unspecified atom stereocenters. The summed E-state index contributed by atoms with van der Waals surface area (Å²) < 4.78 is 1.93. The molecule has 6 nitrogen and oxygen atoms in total. The predicted molar refractivity (Wildman–Crippen MR) is 119 cm³/mol. The summed E-state index contributed by atoms with van der Waals surface area (Å²) in [5.41, 5.74) is 4.05. The number of nitrogens with one attached hydrogen (secondary N) is 1. The van der Waals surface area contributed by atoms with Crippen molar-refractivity contribution in [2.75, 3.05) is 13.1 Å². The normalized spacial score (nSPS) is 15.2. The van der Waals surface area contributed by atoms with Gasteiger partial charge in [-0.3, -0.25) is 9.78 Å². The maximum absolute atomic E-state index is 13.4. The van der Waals surface area contributed by atoms with E-state index < -0.39 is 0 Å². The number of aromatic nitrogens is 3. The van der Waals surface area contributed by atoms with Crippen LogP contribution in [0.5, 0.6) is 0 Å². The Bertz CT molecular complexity index is 1020. The monoisotopic (exact) mass is 425 g/mol. The van der Waals surface area contributed by atoms with Crippen LogP contribution in [-0.2, 0) is 13.1 Å². The van der Waals surface area contributed by atoms with Gasteiger partial charge in [0.2, 0.25) is 0 Å². The molecule has 4 rings (SSSR count). The highest BCUT2D eigenvalue weighted by Gasteiger charge is 2.24. The standard InChI is InChI=1S/C23H28ClN5O/c1-17-8-7-9-19(26-17)14-25-15-20-22(27-21-11-10-18(24)16-29(20)21)23(30)28-12-5-3-2-4-6-13-28/h7-11,16,25H,2-6,12-15H2,1H3. The molecule has 30 heavy (non-hydrogen) atoms. The van der Waals surface area contributed by atoms with Gasteiger partial charge in [0.15, 0.2) is 5.69 Å². The summed E-state index contributed by atoms with van der Waals surface area (Å²) in [6, 6.07) is 9.65. The van der Waals surface area contributed by atoms with E-state index in [1.807, 2.05) is 52.8 Å². The largest absolute Gasteiger partial charge is 0.337 e. The third-order valence-electron chi connectivity index (χ3n) is 5.57. The second-order valence-electron chi connectivity index (χ2n) is 7.92. The number of halogens is 1. The van der Waals surface area contributed by atoms with Gasteiger partial charge in [0.1, 0.15) is 5.65 Å². The topological polar surface area (TPSA) is 62.5 Å². The summed E-state index contributed by atoms with van der Waals surface area (Å²) in [5, 5.41) is 4.04. The molecule has 0 aliphatic carbocycles. The molecule has 0 aromatic carbocycles. The molecular weight excluding hydrogens is 398 g/mol. The number of imidazole rings is 1.